The molecular formula is C18H13F2NO4. The summed E-state index contributed by atoms with van der Waals surface area (Å²) in [4.78, 5) is 24.1. The normalized spacial score (nSPS) is 12.0. The van der Waals surface area contributed by atoms with Crippen molar-refractivity contribution >= 4 is 28.5 Å². The fraction of sp³-hybridized carbons (Fsp3) is 0.111. The molecule has 0 saturated carbocycles. The number of hydrogen-bond acceptors (Lipinski definition) is 4. The number of ether oxygens (including phenoxy) is 1. The predicted octanol–water partition coefficient (Wildman–Crippen LogP) is 3.90. The highest BCUT2D eigenvalue weighted by molar-refractivity contribution is 5.98. The standard InChI is InChI=1S/C18H13F2NO4/c1-10(17(22)21-14-7-6-12(19)9-13(14)20)24-18(23)16-8-11-4-2-3-5-15(11)25-16/h2-10H,1H3,(H,21,22)/t10-/m0/s1. The van der Waals surface area contributed by atoms with Crippen LogP contribution in [-0.4, -0.2) is 18.0 Å². The highest BCUT2D eigenvalue weighted by Crippen LogP contribution is 2.20. The summed E-state index contributed by atoms with van der Waals surface area (Å²) in [7, 11) is 0. The Morgan fingerprint density at radius 3 is 2.60 bits per heavy atom. The minimum Gasteiger partial charge on any atom is -0.449 e. The van der Waals surface area contributed by atoms with Gasteiger partial charge in [0.25, 0.3) is 5.91 Å². The van der Waals surface area contributed by atoms with E-state index in [0.29, 0.717) is 11.6 Å². The Hall–Kier alpha value is -3.22. The number of fused-ring (bicyclic) bond motifs is 1. The van der Waals surface area contributed by atoms with E-state index < -0.39 is 29.6 Å². The van der Waals surface area contributed by atoms with Crippen molar-refractivity contribution in [3.8, 4) is 0 Å². The molecule has 2 aromatic carbocycles. The van der Waals surface area contributed by atoms with Crippen LogP contribution in [0, 0.1) is 11.6 Å². The van der Waals surface area contributed by atoms with Gasteiger partial charge in [-0.2, -0.15) is 0 Å². The molecule has 0 bridgehead atoms. The van der Waals surface area contributed by atoms with E-state index in [4.69, 9.17) is 9.15 Å². The fourth-order valence-electron chi connectivity index (χ4n) is 2.18. The third-order valence-electron chi connectivity index (χ3n) is 3.47. The number of rotatable bonds is 4. The highest BCUT2D eigenvalue weighted by Gasteiger charge is 2.22. The van der Waals surface area contributed by atoms with Gasteiger partial charge in [-0.05, 0) is 31.2 Å². The Kier molecular flexibility index (Phi) is 4.47. The van der Waals surface area contributed by atoms with Crippen LogP contribution in [-0.2, 0) is 9.53 Å². The molecule has 0 fully saturated rings. The summed E-state index contributed by atoms with van der Waals surface area (Å²) in [6.45, 7) is 1.33. The van der Waals surface area contributed by atoms with Crippen molar-refractivity contribution < 1.29 is 27.5 Å². The number of anilines is 1. The second-order valence-corrected chi connectivity index (χ2v) is 5.31. The van der Waals surface area contributed by atoms with Gasteiger partial charge in [0, 0.05) is 11.5 Å². The van der Waals surface area contributed by atoms with Crippen molar-refractivity contribution in [2.45, 2.75) is 13.0 Å². The molecule has 128 valence electrons. The number of amides is 1. The zero-order chi connectivity index (χ0) is 18.0. The average molecular weight is 345 g/mol. The van der Waals surface area contributed by atoms with Gasteiger partial charge < -0.3 is 14.5 Å². The smallest absolute Gasteiger partial charge is 0.375 e. The first kappa shape index (κ1) is 16.6. The third-order valence-corrected chi connectivity index (χ3v) is 3.47. The first-order valence-electron chi connectivity index (χ1n) is 7.39. The molecule has 1 N–H and O–H groups in total. The summed E-state index contributed by atoms with van der Waals surface area (Å²) in [6, 6.07) is 11.2. The van der Waals surface area contributed by atoms with Gasteiger partial charge in [0.2, 0.25) is 5.76 Å². The number of nitrogens with one attached hydrogen (secondary N) is 1. The summed E-state index contributed by atoms with van der Waals surface area (Å²) < 4.78 is 36.8. The fourth-order valence-corrected chi connectivity index (χ4v) is 2.18. The van der Waals surface area contributed by atoms with Crippen molar-refractivity contribution in [3.63, 3.8) is 0 Å². The number of para-hydroxylation sites is 1. The SMILES string of the molecule is C[C@H](OC(=O)c1cc2ccccc2o1)C(=O)Nc1ccc(F)cc1F. The Morgan fingerprint density at radius 1 is 1.12 bits per heavy atom. The van der Waals surface area contributed by atoms with Crippen LogP contribution >= 0.6 is 0 Å². The number of carbonyl (C=O) groups is 2. The van der Waals surface area contributed by atoms with Gasteiger partial charge in [-0.25, -0.2) is 13.6 Å². The summed E-state index contributed by atoms with van der Waals surface area (Å²) in [5, 5.41) is 2.95. The number of hydrogen-bond donors (Lipinski definition) is 1. The average Bonchev–Trinajstić information content (AvgIpc) is 3.01. The monoisotopic (exact) mass is 345 g/mol. The van der Waals surface area contributed by atoms with E-state index in [0.717, 1.165) is 17.5 Å². The number of esters is 1. The summed E-state index contributed by atoms with van der Waals surface area (Å²) in [6.07, 6.45) is -1.20. The second-order valence-electron chi connectivity index (χ2n) is 5.31. The topological polar surface area (TPSA) is 68.5 Å². The molecule has 0 spiro atoms. The van der Waals surface area contributed by atoms with Crippen molar-refractivity contribution in [1.29, 1.82) is 0 Å². The third kappa shape index (κ3) is 3.65. The molecule has 1 heterocycles. The first-order chi connectivity index (χ1) is 11.9. The first-order valence-corrected chi connectivity index (χ1v) is 7.39. The van der Waals surface area contributed by atoms with E-state index in [1.54, 1.807) is 24.3 Å². The van der Waals surface area contributed by atoms with Gasteiger partial charge in [-0.15, -0.1) is 0 Å². The number of halogens is 2. The van der Waals surface area contributed by atoms with Gasteiger partial charge in [-0.3, -0.25) is 4.79 Å². The lowest BCUT2D eigenvalue weighted by molar-refractivity contribution is -0.123. The lowest BCUT2D eigenvalue weighted by atomic mass is 10.2. The Bertz CT molecular complexity index is 918. The van der Waals surface area contributed by atoms with Crippen LogP contribution < -0.4 is 5.32 Å². The maximum atomic E-state index is 13.5. The molecular weight excluding hydrogens is 332 g/mol. The molecule has 3 rings (SSSR count). The van der Waals surface area contributed by atoms with Crippen LogP contribution in [0.3, 0.4) is 0 Å². The summed E-state index contributed by atoms with van der Waals surface area (Å²) in [5.74, 6) is -3.31. The molecule has 0 radical (unpaired) electrons. The molecule has 0 aliphatic rings. The number of carbonyl (C=O) groups excluding carboxylic acids is 2. The molecule has 0 aliphatic carbocycles. The van der Waals surface area contributed by atoms with Crippen LogP contribution in [0.25, 0.3) is 11.0 Å². The van der Waals surface area contributed by atoms with Crippen LogP contribution in [0.15, 0.2) is 52.9 Å². The highest BCUT2D eigenvalue weighted by atomic mass is 19.1. The van der Waals surface area contributed by atoms with Crippen molar-refractivity contribution in [2.24, 2.45) is 0 Å². The van der Waals surface area contributed by atoms with Crippen molar-refractivity contribution in [1.82, 2.24) is 0 Å². The quantitative estimate of drug-likeness (QED) is 0.728. The largest absolute Gasteiger partial charge is 0.449 e. The second kappa shape index (κ2) is 6.72. The molecule has 25 heavy (non-hydrogen) atoms. The minimum atomic E-state index is -1.20. The zero-order valence-corrected chi connectivity index (χ0v) is 13.1. The van der Waals surface area contributed by atoms with Crippen molar-refractivity contribution in [2.75, 3.05) is 5.32 Å². The van der Waals surface area contributed by atoms with Gasteiger partial charge in [0.05, 0.1) is 5.69 Å². The van der Waals surface area contributed by atoms with Gasteiger partial charge in [0.15, 0.2) is 6.10 Å². The van der Waals surface area contributed by atoms with E-state index in [1.807, 2.05) is 0 Å². The molecule has 0 saturated heterocycles. The molecule has 7 heteroatoms. The number of benzene rings is 2. The van der Waals surface area contributed by atoms with E-state index in [9.17, 15) is 18.4 Å². The Labute approximate surface area is 141 Å². The lowest BCUT2D eigenvalue weighted by Crippen LogP contribution is -2.30. The molecule has 5 nitrogen and oxygen atoms in total. The summed E-state index contributed by atoms with van der Waals surface area (Å²) in [5.41, 5.74) is 0.304. The van der Waals surface area contributed by atoms with Crippen molar-refractivity contribution in [3.05, 3.63) is 65.9 Å². The van der Waals surface area contributed by atoms with Crippen LogP contribution in [0.4, 0.5) is 14.5 Å². The maximum Gasteiger partial charge on any atom is 0.375 e. The van der Waals surface area contributed by atoms with Crippen LogP contribution in [0.5, 0.6) is 0 Å². The van der Waals surface area contributed by atoms with E-state index in [-0.39, 0.29) is 11.4 Å². The van der Waals surface area contributed by atoms with Gasteiger partial charge >= 0.3 is 5.97 Å². The maximum absolute atomic E-state index is 13.5. The predicted molar refractivity (Wildman–Crippen MR) is 86.1 cm³/mol. The van der Waals surface area contributed by atoms with Crippen LogP contribution in [0.2, 0.25) is 0 Å². The summed E-state index contributed by atoms with van der Waals surface area (Å²) >= 11 is 0. The molecule has 0 unspecified atom stereocenters. The minimum absolute atomic E-state index is 0.0474. The number of furan rings is 1. The molecule has 1 aromatic heterocycles. The molecule has 1 amide bonds. The Morgan fingerprint density at radius 2 is 1.88 bits per heavy atom. The molecule has 1 atom stereocenters. The van der Waals surface area contributed by atoms with Gasteiger partial charge in [0.1, 0.15) is 17.2 Å². The molecule has 0 aliphatic heterocycles. The van der Waals surface area contributed by atoms with Crippen LogP contribution in [0.1, 0.15) is 17.5 Å². The van der Waals surface area contributed by atoms with E-state index in [2.05, 4.69) is 5.32 Å². The Balaban J connectivity index is 1.67. The zero-order valence-electron chi connectivity index (χ0n) is 13.1. The molecule has 3 aromatic rings. The van der Waals surface area contributed by atoms with Gasteiger partial charge in [-0.1, -0.05) is 18.2 Å². The van der Waals surface area contributed by atoms with E-state index in [1.165, 1.54) is 13.0 Å². The van der Waals surface area contributed by atoms with E-state index >= 15 is 0 Å². The lowest BCUT2D eigenvalue weighted by Gasteiger charge is -2.13.